The molecule has 0 radical (unpaired) electrons. The minimum absolute atomic E-state index is 0.0742. The first-order chi connectivity index (χ1) is 11.7. The van der Waals surface area contributed by atoms with Crippen molar-refractivity contribution >= 4 is 66.8 Å². The lowest BCUT2D eigenvalue weighted by Crippen LogP contribution is -2.12. The van der Waals surface area contributed by atoms with Crippen LogP contribution >= 0.6 is 45.9 Å². The van der Waals surface area contributed by atoms with Crippen LogP contribution in [0.1, 0.15) is 10.4 Å². The quantitative estimate of drug-likeness (QED) is 0.639. The highest BCUT2D eigenvalue weighted by atomic mass is 35.5. The number of nitrogens with zero attached hydrogens (tertiary/aromatic N) is 1. The van der Waals surface area contributed by atoms with Crippen molar-refractivity contribution in [3.05, 3.63) is 50.6 Å². The maximum atomic E-state index is 12.4. The number of amides is 1. The van der Waals surface area contributed by atoms with E-state index >= 15 is 0 Å². The van der Waals surface area contributed by atoms with Crippen LogP contribution in [0, 0.1) is 0 Å². The van der Waals surface area contributed by atoms with Crippen molar-refractivity contribution in [3.8, 4) is 10.6 Å². The number of aromatic nitrogens is 1. The number of carbonyl (C=O) groups excluding carboxylic acids is 1. The van der Waals surface area contributed by atoms with Gasteiger partial charge in [0.05, 0.1) is 24.8 Å². The molecule has 0 unspecified atom stereocenters. The minimum Gasteiger partial charge on any atom is -0.298 e. The van der Waals surface area contributed by atoms with Gasteiger partial charge in [-0.25, -0.2) is 13.4 Å². The van der Waals surface area contributed by atoms with Crippen LogP contribution in [-0.4, -0.2) is 25.6 Å². The smallest absolute Gasteiger partial charge is 0.257 e. The number of sulfone groups is 1. The molecule has 0 saturated carbocycles. The topological polar surface area (TPSA) is 76.1 Å². The summed E-state index contributed by atoms with van der Waals surface area (Å²) in [5.41, 5.74) is 0.894. The van der Waals surface area contributed by atoms with Crippen LogP contribution in [0.15, 0.2) is 40.6 Å². The molecule has 10 heteroatoms. The lowest BCUT2D eigenvalue weighted by Gasteiger charge is -2.06. The first-order valence-corrected chi connectivity index (χ1v) is 11.1. The fourth-order valence-corrected chi connectivity index (χ4v) is 5.08. The Bertz CT molecular complexity index is 1060. The van der Waals surface area contributed by atoms with E-state index in [0.29, 0.717) is 15.2 Å². The average Bonchev–Trinajstić information content (AvgIpc) is 3.15. The number of hydrogen-bond donors (Lipinski definition) is 1. The Morgan fingerprint density at radius 1 is 1.20 bits per heavy atom. The summed E-state index contributed by atoms with van der Waals surface area (Å²) in [6, 6.07) is 7.72. The fraction of sp³-hybridized carbons (Fsp3) is 0.0667. The van der Waals surface area contributed by atoms with Crippen molar-refractivity contribution < 1.29 is 13.2 Å². The van der Waals surface area contributed by atoms with Crippen LogP contribution < -0.4 is 5.32 Å². The van der Waals surface area contributed by atoms with E-state index < -0.39 is 15.7 Å². The summed E-state index contributed by atoms with van der Waals surface area (Å²) < 4.78 is 24.1. The molecule has 1 amide bonds. The van der Waals surface area contributed by atoms with Gasteiger partial charge in [0.25, 0.3) is 5.91 Å². The predicted octanol–water partition coefficient (Wildman–Crippen LogP) is 4.83. The van der Waals surface area contributed by atoms with Gasteiger partial charge in [-0.2, -0.15) is 0 Å². The third kappa shape index (κ3) is 4.21. The average molecular weight is 433 g/mol. The summed E-state index contributed by atoms with van der Waals surface area (Å²) in [7, 11) is -3.53. The normalized spacial score (nSPS) is 11.5. The Labute approximate surface area is 162 Å². The minimum atomic E-state index is -3.53. The molecule has 1 aromatic carbocycles. The SMILES string of the molecule is CS(=O)(=O)c1cc(C(=O)Nc2nc(-c3ccc(Cl)s3)cs2)ccc1Cl. The predicted molar refractivity (Wildman–Crippen MR) is 103 cm³/mol. The summed E-state index contributed by atoms with van der Waals surface area (Å²) >= 11 is 14.5. The zero-order valence-electron chi connectivity index (χ0n) is 12.6. The van der Waals surface area contributed by atoms with Gasteiger partial charge in [-0.3, -0.25) is 10.1 Å². The monoisotopic (exact) mass is 432 g/mol. The van der Waals surface area contributed by atoms with Gasteiger partial charge in [0.2, 0.25) is 0 Å². The van der Waals surface area contributed by atoms with Crippen LogP contribution in [0.3, 0.4) is 0 Å². The van der Waals surface area contributed by atoms with Crippen LogP contribution in [0.5, 0.6) is 0 Å². The zero-order valence-corrected chi connectivity index (χ0v) is 16.6. The Kier molecular flexibility index (Phi) is 5.17. The van der Waals surface area contributed by atoms with Crippen molar-refractivity contribution in [1.82, 2.24) is 4.98 Å². The Balaban J connectivity index is 1.82. The second-order valence-electron chi connectivity index (χ2n) is 5.01. The second kappa shape index (κ2) is 7.05. The molecule has 130 valence electrons. The molecule has 0 aliphatic rings. The number of carbonyl (C=O) groups is 1. The number of thiophene rings is 1. The number of anilines is 1. The van der Waals surface area contributed by atoms with Gasteiger partial charge in [-0.15, -0.1) is 22.7 Å². The Morgan fingerprint density at radius 2 is 1.96 bits per heavy atom. The Hall–Kier alpha value is -1.45. The van der Waals surface area contributed by atoms with Crippen LogP contribution in [0.2, 0.25) is 9.36 Å². The van der Waals surface area contributed by atoms with Crippen molar-refractivity contribution in [2.24, 2.45) is 0 Å². The number of nitrogens with one attached hydrogen (secondary N) is 1. The number of thiazole rings is 1. The van der Waals surface area contributed by atoms with E-state index in [-0.39, 0.29) is 15.5 Å². The summed E-state index contributed by atoms with van der Waals surface area (Å²) in [5.74, 6) is -0.466. The van der Waals surface area contributed by atoms with Crippen LogP contribution in [-0.2, 0) is 9.84 Å². The highest BCUT2D eigenvalue weighted by Gasteiger charge is 2.17. The van der Waals surface area contributed by atoms with Crippen molar-refractivity contribution in [3.63, 3.8) is 0 Å². The molecule has 2 aromatic heterocycles. The van der Waals surface area contributed by atoms with E-state index in [0.717, 1.165) is 11.1 Å². The lowest BCUT2D eigenvalue weighted by molar-refractivity contribution is 0.102. The van der Waals surface area contributed by atoms with Gasteiger partial charge in [-0.05, 0) is 30.3 Å². The molecule has 5 nitrogen and oxygen atoms in total. The molecule has 0 fully saturated rings. The van der Waals surface area contributed by atoms with E-state index in [2.05, 4.69) is 10.3 Å². The largest absolute Gasteiger partial charge is 0.298 e. The van der Waals surface area contributed by atoms with Crippen molar-refractivity contribution in [1.29, 1.82) is 0 Å². The second-order valence-corrected chi connectivity index (χ2v) is 9.98. The highest BCUT2D eigenvalue weighted by Crippen LogP contribution is 2.33. The molecular weight excluding hydrogens is 423 g/mol. The van der Waals surface area contributed by atoms with Gasteiger partial charge in [0.15, 0.2) is 15.0 Å². The summed E-state index contributed by atoms with van der Waals surface area (Å²) in [5, 5.41) is 4.94. The third-order valence-corrected chi connectivity index (χ3v) is 6.73. The molecular formula is C15H10Cl2N2O3S3. The van der Waals surface area contributed by atoms with Gasteiger partial charge in [0.1, 0.15) is 0 Å². The third-order valence-electron chi connectivity index (χ3n) is 3.14. The standard InChI is InChI=1S/C15H10Cl2N2O3S3/c1-25(21,22)12-6-8(2-3-9(12)16)14(20)19-15-18-10(7-23-15)11-4-5-13(17)24-11/h2-7H,1H3,(H,18,19,20). The molecule has 3 rings (SSSR count). The summed E-state index contributed by atoms with van der Waals surface area (Å²) in [6.45, 7) is 0. The molecule has 1 N–H and O–H groups in total. The molecule has 0 bridgehead atoms. The van der Waals surface area contributed by atoms with E-state index in [1.165, 1.54) is 40.9 Å². The number of hydrogen-bond acceptors (Lipinski definition) is 6. The molecule has 2 heterocycles. The molecule has 3 aromatic rings. The molecule has 25 heavy (non-hydrogen) atoms. The van der Waals surface area contributed by atoms with E-state index in [1.807, 2.05) is 11.4 Å². The van der Waals surface area contributed by atoms with Gasteiger partial charge >= 0.3 is 0 Å². The van der Waals surface area contributed by atoms with Gasteiger partial charge in [-0.1, -0.05) is 23.2 Å². The van der Waals surface area contributed by atoms with Gasteiger partial charge < -0.3 is 0 Å². The number of rotatable bonds is 4. The molecule has 0 aliphatic carbocycles. The maximum Gasteiger partial charge on any atom is 0.257 e. The number of halogens is 2. The zero-order chi connectivity index (χ0) is 18.2. The van der Waals surface area contributed by atoms with E-state index in [1.54, 1.807) is 6.07 Å². The first kappa shape index (κ1) is 18.3. The lowest BCUT2D eigenvalue weighted by atomic mass is 10.2. The van der Waals surface area contributed by atoms with E-state index in [9.17, 15) is 13.2 Å². The summed E-state index contributed by atoms with van der Waals surface area (Å²) in [4.78, 5) is 17.5. The Morgan fingerprint density at radius 3 is 2.60 bits per heavy atom. The maximum absolute atomic E-state index is 12.4. The van der Waals surface area contributed by atoms with Crippen LogP contribution in [0.4, 0.5) is 5.13 Å². The molecule has 0 saturated heterocycles. The number of benzene rings is 1. The fourth-order valence-electron chi connectivity index (χ4n) is 1.99. The molecule has 0 spiro atoms. The first-order valence-electron chi connectivity index (χ1n) is 6.76. The van der Waals surface area contributed by atoms with Gasteiger partial charge in [0, 0.05) is 17.2 Å². The molecule has 0 atom stereocenters. The van der Waals surface area contributed by atoms with Crippen molar-refractivity contribution in [2.45, 2.75) is 4.90 Å². The van der Waals surface area contributed by atoms with Crippen LogP contribution in [0.25, 0.3) is 10.6 Å². The highest BCUT2D eigenvalue weighted by molar-refractivity contribution is 7.90. The molecule has 0 aliphatic heterocycles. The van der Waals surface area contributed by atoms with E-state index in [4.69, 9.17) is 23.2 Å². The van der Waals surface area contributed by atoms with Crippen molar-refractivity contribution in [2.75, 3.05) is 11.6 Å². The summed E-state index contributed by atoms with van der Waals surface area (Å²) in [6.07, 6.45) is 1.04.